The summed E-state index contributed by atoms with van der Waals surface area (Å²) in [6.07, 6.45) is 9.17. The maximum Gasteiger partial charge on any atom is 0.0901 e. The van der Waals surface area contributed by atoms with Gasteiger partial charge in [-0.05, 0) is 66.7 Å². The van der Waals surface area contributed by atoms with Crippen molar-refractivity contribution in [2.45, 2.75) is 50.0 Å². The summed E-state index contributed by atoms with van der Waals surface area (Å²) in [6.45, 7) is 0. The van der Waals surface area contributed by atoms with Crippen LogP contribution >= 0.6 is 0 Å². The van der Waals surface area contributed by atoms with Gasteiger partial charge in [-0.2, -0.15) is 0 Å². The summed E-state index contributed by atoms with van der Waals surface area (Å²) >= 11 is 0. The number of rotatable bonds is 2. The van der Waals surface area contributed by atoms with Crippen LogP contribution in [0.3, 0.4) is 0 Å². The molecule has 0 heterocycles. The molecule has 1 nitrogen and oxygen atoms in total. The van der Waals surface area contributed by atoms with E-state index in [0.29, 0.717) is 0 Å². The Kier molecular flexibility index (Phi) is 1.88. The molecule has 17 heavy (non-hydrogen) atoms. The van der Waals surface area contributed by atoms with E-state index in [2.05, 4.69) is 24.3 Å². The van der Waals surface area contributed by atoms with Gasteiger partial charge in [0.1, 0.15) is 0 Å². The third-order valence-corrected chi connectivity index (χ3v) is 4.49. The summed E-state index contributed by atoms with van der Waals surface area (Å²) in [5.41, 5.74) is 5.20. The van der Waals surface area contributed by atoms with Gasteiger partial charge in [0, 0.05) is 0 Å². The molecular formula is C16H18O. The number of hydrogen-bond donors (Lipinski definition) is 1. The van der Waals surface area contributed by atoms with Crippen LogP contribution in [0.15, 0.2) is 24.3 Å². The van der Waals surface area contributed by atoms with Crippen LogP contribution in [-0.2, 0) is 6.42 Å². The molecule has 0 saturated heterocycles. The summed E-state index contributed by atoms with van der Waals surface area (Å²) in [6, 6.07) is 6.69. The Morgan fingerprint density at radius 1 is 1.18 bits per heavy atom. The highest BCUT2D eigenvalue weighted by atomic mass is 16.3. The minimum absolute atomic E-state index is 0.475. The third kappa shape index (κ3) is 1.49. The van der Waals surface area contributed by atoms with Crippen LogP contribution in [0.5, 0.6) is 0 Å². The van der Waals surface area contributed by atoms with E-state index in [1.54, 1.807) is 5.56 Å². The van der Waals surface area contributed by atoms with Gasteiger partial charge >= 0.3 is 0 Å². The molecule has 0 aliphatic heterocycles. The van der Waals surface area contributed by atoms with Gasteiger partial charge in [0.2, 0.25) is 0 Å². The molecule has 0 atom stereocenters. The lowest BCUT2D eigenvalue weighted by Gasteiger charge is -2.24. The van der Waals surface area contributed by atoms with Crippen molar-refractivity contribution >= 4 is 5.57 Å². The van der Waals surface area contributed by atoms with E-state index in [1.165, 1.54) is 36.0 Å². The minimum atomic E-state index is -0.475. The molecule has 2 fully saturated rings. The fourth-order valence-corrected chi connectivity index (χ4v) is 3.21. The van der Waals surface area contributed by atoms with E-state index in [0.717, 1.165) is 25.2 Å². The van der Waals surface area contributed by atoms with Gasteiger partial charge in [-0.25, -0.2) is 0 Å². The third-order valence-electron chi connectivity index (χ3n) is 4.49. The number of hydrogen-bond acceptors (Lipinski definition) is 1. The molecule has 0 amide bonds. The standard InChI is InChI=1S/C16H18O/c17-16(9-10-16)15-6-2-4-13-12(11-7-8-11)3-1-5-14(13)15/h1,3,5-6,11,17H,2,4,7-10H2. The number of fused-ring (bicyclic) bond motifs is 1. The highest BCUT2D eigenvalue weighted by molar-refractivity contribution is 5.78. The lowest BCUT2D eigenvalue weighted by molar-refractivity contribution is 0.211. The minimum Gasteiger partial charge on any atom is -0.385 e. The van der Waals surface area contributed by atoms with E-state index in [1.807, 2.05) is 0 Å². The highest BCUT2D eigenvalue weighted by Crippen LogP contribution is 2.51. The van der Waals surface area contributed by atoms with Crippen molar-refractivity contribution in [3.63, 3.8) is 0 Å². The van der Waals surface area contributed by atoms with E-state index < -0.39 is 5.60 Å². The van der Waals surface area contributed by atoms with Crippen molar-refractivity contribution in [1.82, 2.24) is 0 Å². The van der Waals surface area contributed by atoms with Crippen LogP contribution < -0.4 is 0 Å². The van der Waals surface area contributed by atoms with Gasteiger partial charge < -0.3 is 5.11 Å². The second kappa shape index (κ2) is 3.23. The Balaban J connectivity index is 1.85. The normalized spacial score (nSPS) is 25.1. The Morgan fingerprint density at radius 2 is 2.00 bits per heavy atom. The first-order valence-electron chi connectivity index (χ1n) is 6.83. The summed E-state index contributed by atoms with van der Waals surface area (Å²) < 4.78 is 0. The molecule has 1 aromatic carbocycles. The second-order valence-corrected chi connectivity index (χ2v) is 5.84. The smallest absolute Gasteiger partial charge is 0.0901 e. The summed E-state index contributed by atoms with van der Waals surface area (Å²) in [5, 5.41) is 10.4. The van der Waals surface area contributed by atoms with Crippen molar-refractivity contribution in [2.24, 2.45) is 0 Å². The molecule has 0 bridgehead atoms. The Hall–Kier alpha value is -1.08. The molecule has 1 heteroatoms. The molecular weight excluding hydrogens is 208 g/mol. The van der Waals surface area contributed by atoms with Gasteiger partial charge in [0.25, 0.3) is 0 Å². The first-order chi connectivity index (χ1) is 8.28. The molecule has 1 aromatic rings. The molecule has 2 saturated carbocycles. The summed E-state index contributed by atoms with van der Waals surface area (Å²) in [4.78, 5) is 0. The van der Waals surface area contributed by atoms with Crippen LogP contribution in [0.4, 0.5) is 0 Å². The van der Waals surface area contributed by atoms with Crippen LogP contribution in [0.1, 0.15) is 54.7 Å². The lowest BCUT2D eigenvalue weighted by atomic mass is 9.83. The Bertz CT molecular complexity index is 504. The van der Waals surface area contributed by atoms with Crippen LogP contribution in [0, 0.1) is 0 Å². The summed E-state index contributed by atoms with van der Waals surface area (Å²) in [7, 11) is 0. The van der Waals surface area contributed by atoms with Crippen molar-refractivity contribution in [1.29, 1.82) is 0 Å². The summed E-state index contributed by atoms with van der Waals surface area (Å²) in [5.74, 6) is 0.818. The first kappa shape index (κ1) is 9.90. The van der Waals surface area contributed by atoms with Gasteiger partial charge in [0.05, 0.1) is 5.60 Å². The monoisotopic (exact) mass is 226 g/mol. The van der Waals surface area contributed by atoms with E-state index in [9.17, 15) is 5.11 Å². The van der Waals surface area contributed by atoms with Crippen molar-refractivity contribution < 1.29 is 5.11 Å². The zero-order chi connectivity index (χ0) is 11.5. The maximum absolute atomic E-state index is 10.4. The van der Waals surface area contributed by atoms with Crippen LogP contribution in [-0.4, -0.2) is 10.7 Å². The molecule has 88 valence electrons. The second-order valence-electron chi connectivity index (χ2n) is 5.84. The predicted molar refractivity (Wildman–Crippen MR) is 68.9 cm³/mol. The number of benzene rings is 1. The quantitative estimate of drug-likeness (QED) is 0.819. The molecule has 0 unspecified atom stereocenters. The van der Waals surface area contributed by atoms with Crippen molar-refractivity contribution in [3.8, 4) is 0 Å². The van der Waals surface area contributed by atoms with E-state index >= 15 is 0 Å². The van der Waals surface area contributed by atoms with Gasteiger partial charge in [-0.3, -0.25) is 0 Å². The predicted octanol–water partition coefficient (Wildman–Crippen LogP) is 3.42. The van der Waals surface area contributed by atoms with Crippen molar-refractivity contribution in [3.05, 3.63) is 41.0 Å². The molecule has 3 aliphatic carbocycles. The number of aliphatic hydroxyl groups is 1. The van der Waals surface area contributed by atoms with E-state index in [-0.39, 0.29) is 0 Å². The first-order valence-corrected chi connectivity index (χ1v) is 6.83. The largest absolute Gasteiger partial charge is 0.385 e. The van der Waals surface area contributed by atoms with Crippen molar-refractivity contribution in [2.75, 3.05) is 0 Å². The van der Waals surface area contributed by atoms with Gasteiger partial charge in [0.15, 0.2) is 0 Å². The maximum atomic E-state index is 10.4. The lowest BCUT2D eigenvalue weighted by Crippen LogP contribution is -2.15. The van der Waals surface area contributed by atoms with Gasteiger partial charge in [-0.1, -0.05) is 24.3 Å². The fraction of sp³-hybridized carbons (Fsp3) is 0.500. The average molecular weight is 226 g/mol. The Labute approximate surface area is 102 Å². The fourth-order valence-electron chi connectivity index (χ4n) is 3.21. The molecule has 1 N–H and O–H groups in total. The molecule has 3 aliphatic rings. The van der Waals surface area contributed by atoms with Crippen LogP contribution in [0.2, 0.25) is 0 Å². The Morgan fingerprint density at radius 3 is 2.71 bits per heavy atom. The zero-order valence-corrected chi connectivity index (χ0v) is 10.1. The van der Waals surface area contributed by atoms with Gasteiger partial charge in [-0.15, -0.1) is 0 Å². The SMILES string of the molecule is OC1(C2=CCCc3c2cccc3C2CC2)CC1. The molecule has 0 radical (unpaired) electrons. The molecule has 0 spiro atoms. The topological polar surface area (TPSA) is 20.2 Å². The highest BCUT2D eigenvalue weighted by Gasteiger charge is 2.45. The zero-order valence-electron chi connectivity index (χ0n) is 10.1. The average Bonchev–Trinajstić information content (AvgIpc) is 3.23. The molecule has 0 aromatic heterocycles. The number of allylic oxidation sites excluding steroid dienone is 1. The van der Waals surface area contributed by atoms with Crippen LogP contribution in [0.25, 0.3) is 5.57 Å². The van der Waals surface area contributed by atoms with E-state index in [4.69, 9.17) is 0 Å². The molecule has 4 rings (SSSR count).